The standard InChI is InChI=1S/C25H22ClFN4OS/c1-16-19(3-2-4-24(16)33-31-9-11-32-12-10-31)17-5-8-23-20(13-17)25(29-15-28-23)30-18-6-7-22(27)21(26)14-18/h2-8,13-15H,9-12H2,1H3,(H,28,29,30). The lowest BCUT2D eigenvalue weighted by Crippen LogP contribution is -2.30. The van der Waals surface area contributed by atoms with E-state index in [1.807, 2.05) is 6.07 Å². The number of hydrogen-bond donors (Lipinski definition) is 1. The first kappa shape index (κ1) is 22.1. The van der Waals surface area contributed by atoms with E-state index in [4.69, 9.17) is 16.3 Å². The van der Waals surface area contributed by atoms with Gasteiger partial charge in [0.15, 0.2) is 0 Å². The number of nitrogens with zero attached hydrogens (tertiary/aromatic N) is 3. The maximum absolute atomic E-state index is 13.6. The van der Waals surface area contributed by atoms with Crippen molar-refractivity contribution in [1.82, 2.24) is 14.3 Å². The van der Waals surface area contributed by atoms with Crippen LogP contribution in [0.3, 0.4) is 0 Å². The fourth-order valence-electron chi connectivity index (χ4n) is 3.84. The Hall–Kier alpha value is -2.71. The zero-order valence-corrected chi connectivity index (χ0v) is 19.6. The number of halogens is 2. The summed E-state index contributed by atoms with van der Waals surface area (Å²) in [6.07, 6.45) is 1.51. The summed E-state index contributed by atoms with van der Waals surface area (Å²) in [4.78, 5) is 10.1. The summed E-state index contributed by atoms with van der Waals surface area (Å²) in [5.41, 5.74) is 4.95. The lowest BCUT2D eigenvalue weighted by Gasteiger charge is -2.26. The van der Waals surface area contributed by atoms with Crippen LogP contribution in [0, 0.1) is 12.7 Å². The Kier molecular flexibility index (Phi) is 6.46. The lowest BCUT2D eigenvalue weighted by atomic mass is 9.99. The van der Waals surface area contributed by atoms with Gasteiger partial charge in [0.1, 0.15) is 18.0 Å². The second-order valence-corrected chi connectivity index (χ2v) is 9.32. The van der Waals surface area contributed by atoms with Crippen molar-refractivity contribution in [3.8, 4) is 11.1 Å². The highest BCUT2D eigenvalue weighted by molar-refractivity contribution is 7.97. The third kappa shape index (κ3) is 4.82. The van der Waals surface area contributed by atoms with E-state index in [-0.39, 0.29) is 5.02 Å². The second-order valence-electron chi connectivity index (χ2n) is 7.77. The molecule has 0 radical (unpaired) electrons. The third-order valence-corrected chi connectivity index (χ3v) is 7.16. The Balaban J connectivity index is 1.49. The van der Waals surface area contributed by atoms with E-state index in [9.17, 15) is 4.39 Å². The molecule has 168 valence electrons. The summed E-state index contributed by atoms with van der Waals surface area (Å²) in [6.45, 7) is 5.54. The number of rotatable bonds is 5. The van der Waals surface area contributed by atoms with Gasteiger partial charge in [0.05, 0.1) is 23.8 Å². The van der Waals surface area contributed by atoms with Gasteiger partial charge in [-0.3, -0.25) is 0 Å². The molecule has 33 heavy (non-hydrogen) atoms. The summed E-state index contributed by atoms with van der Waals surface area (Å²) in [5.74, 6) is 0.184. The molecule has 5 rings (SSSR count). The molecule has 1 fully saturated rings. The van der Waals surface area contributed by atoms with Crippen molar-refractivity contribution in [2.45, 2.75) is 11.8 Å². The molecule has 1 aliphatic rings. The van der Waals surface area contributed by atoms with E-state index < -0.39 is 5.82 Å². The van der Waals surface area contributed by atoms with E-state index in [0.29, 0.717) is 11.5 Å². The summed E-state index contributed by atoms with van der Waals surface area (Å²) in [7, 11) is 0. The van der Waals surface area contributed by atoms with Gasteiger partial charge in [0, 0.05) is 29.1 Å². The van der Waals surface area contributed by atoms with Gasteiger partial charge in [-0.2, -0.15) is 0 Å². The summed E-state index contributed by atoms with van der Waals surface area (Å²) < 4.78 is 21.4. The van der Waals surface area contributed by atoms with E-state index in [1.54, 1.807) is 24.1 Å². The predicted molar refractivity (Wildman–Crippen MR) is 133 cm³/mol. The minimum atomic E-state index is -0.456. The molecule has 0 aliphatic carbocycles. The molecule has 4 aromatic rings. The summed E-state index contributed by atoms with van der Waals surface area (Å²) >= 11 is 7.73. The number of fused-ring (bicyclic) bond motifs is 1. The Morgan fingerprint density at radius 2 is 1.91 bits per heavy atom. The first-order valence-electron chi connectivity index (χ1n) is 10.7. The molecular formula is C25H22ClFN4OS. The van der Waals surface area contributed by atoms with Crippen LogP contribution in [-0.4, -0.2) is 40.6 Å². The Bertz CT molecular complexity index is 1310. The summed E-state index contributed by atoms with van der Waals surface area (Å²) in [5, 5.41) is 4.18. The smallest absolute Gasteiger partial charge is 0.141 e. The van der Waals surface area contributed by atoms with Crippen LogP contribution in [0.4, 0.5) is 15.9 Å². The van der Waals surface area contributed by atoms with Crippen molar-refractivity contribution in [2.75, 3.05) is 31.6 Å². The van der Waals surface area contributed by atoms with Crippen molar-refractivity contribution in [2.24, 2.45) is 0 Å². The molecule has 0 saturated carbocycles. The minimum absolute atomic E-state index is 0.0595. The SMILES string of the molecule is Cc1c(SN2CCOCC2)cccc1-c1ccc2ncnc(Nc3ccc(F)c(Cl)c3)c2c1. The van der Waals surface area contributed by atoms with Gasteiger partial charge in [-0.1, -0.05) is 29.8 Å². The van der Waals surface area contributed by atoms with Gasteiger partial charge < -0.3 is 10.1 Å². The molecule has 0 bridgehead atoms. The van der Waals surface area contributed by atoms with Crippen LogP contribution >= 0.6 is 23.5 Å². The average Bonchev–Trinajstić information content (AvgIpc) is 2.83. The van der Waals surface area contributed by atoms with Crippen molar-refractivity contribution in [1.29, 1.82) is 0 Å². The fourth-order valence-corrected chi connectivity index (χ4v) is 5.01. The maximum Gasteiger partial charge on any atom is 0.141 e. The number of ether oxygens (including phenoxy) is 1. The number of hydrogen-bond acceptors (Lipinski definition) is 6. The normalized spacial score (nSPS) is 14.5. The molecule has 0 amide bonds. The Labute approximate surface area is 201 Å². The molecule has 5 nitrogen and oxygen atoms in total. The van der Waals surface area contributed by atoms with Gasteiger partial charge in [-0.05, 0) is 72.0 Å². The predicted octanol–water partition coefficient (Wildman–Crippen LogP) is 6.48. The highest BCUT2D eigenvalue weighted by atomic mass is 35.5. The molecule has 1 N–H and O–H groups in total. The Morgan fingerprint density at radius 3 is 2.73 bits per heavy atom. The number of anilines is 2. The van der Waals surface area contributed by atoms with E-state index in [2.05, 4.69) is 56.8 Å². The largest absolute Gasteiger partial charge is 0.379 e. The van der Waals surface area contributed by atoms with Gasteiger partial charge in [0.2, 0.25) is 0 Å². The highest BCUT2D eigenvalue weighted by Gasteiger charge is 2.15. The lowest BCUT2D eigenvalue weighted by molar-refractivity contribution is 0.0773. The number of aromatic nitrogens is 2. The van der Waals surface area contributed by atoms with Crippen LogP contribution in [0.25, 0.3) is 22.0 Å². The van der Waals surface area contributed by atoms with Crippen LogP contribution in [0.1, 0.15) is 5.56 Å². The van der Waals surface area contributed by atoms with Crippen molar-refractivity contribution < 1.29 is 9.13 Å². The maximum atomic E-state index is 13.6. The van der Waals surface area contributed by atoms with Crippen LogP contribution in [0.5, 0.6) is 0 Å². The molecule has 1 aromatic heterocycles. The molecular weight excluding hydrogens is 459 g/mol. The molecule has 0 unspecified atom stereocenters. The van der Waals surface area contributed by atoms with Gasteiger partial charge in [-0.25, -0.2) is 18.7 Å². The topological polar surface area (TPSA) is 50.3 Å². The zero-order valence-electron chi connectivity index (χ0n) is 18.0. The van der Waals surface area contributed by atoms with Gasteiger partial charge >= 0.3 is 0 Å². The number of benzene rings is 3. The van der Waals surface area contributed by atoms with E-state index in [0.717, 1.165) is 48.3 Å². The Morgan fingerprint density at radius 1 is 1.06 bits per heavy atom. The zero-order chi connectivity index (χ0) is 22.8. The summed E-state index contributed by atoms with van der Waals surface area (Å²) in [6, 6.07) is 17.1. The van der Waals surface area contributed by atoms with Crippen LogP contribution in [0.15, 0.2) is 65.8 Å². The molecule has 1 saturated heterocycles. The molecule has 0 spiro atoms. The monoisotopic (exact) mass is 480 g/mol. The van der Waals surface area contributed by atoms with E-state index in [1.165, 1.54) is 22.9 Å². The molecule has 0 atom stereocenters. The van der Waals surface area contributed by atoms with Gasteiger partial charge in [0.25, 0.3) is 0 Å². The first-order valence-corrected chi connectivity index (χ1v) is 11.8. The van der Waals surface area contributed by atoms with Crippen LogP contribution in [0.2, 0.25) is 5.02 Å². The number of nitrogens with one attached hydrogen (secondary N) is 1. The quantitative estimate of drug-likeness (QED) is 0.330. The first-order chi connectivity index (χ1) is 16.1. The van der Waals surface area contributed by atoms with Crippen LogP contribution in [-0.2, 0) is 4.74 Å². The van der Waals surface area contributed by atoms with Crippen molar-refractivity contribution in [3.63, 3.8) is 0 Å². The van der Waals surface area contributed by atoms with E-state index >= 15 is 0 Å². The molecule has 8 heteroatoms. The molecule has 2 heterocycles. The molecule has 1 aliphatic heterocycles. The fraction of sp³-hybridized carbons (Fsp3) is 0.200. The third-order valence-electron chi connectivity index (χ3n) is 5.61. The minimum Gasteiger partial charge on any atom is -0.379 e. The number of morpholine rings is 1. The second kappa shape index (κ2) is 9.65. The van der Waals surface area contributed by atoms with Crippen molar-refractivity contribution in [3.05, 3.63) is 77.3 Å². The van der Waals surface area contributed by atoms with Crippen LogP contribution < -0.4 is 5.32 Å². The molecule has 3 aromatic carbocycles. The van der Waals surface area contributed by atoms with Gasteiger partial charge in [-0.15, -0.1) is 0 Å². The van der Waals surface area contributed by atoms with Crippen molar-refractivity contribution >= 4 is 46.0 Å². The average molecular weight is 481 g/mol. The highest BCUT2D eigenvalue weighted by Crippen LogP contribution is 2.35.